The number of thiazole rings is 1. The van der Waals surface area contributed by atoms with E-state index in [1.54, 1.807) is 24.3 Å². The number of ether oxygens (including phenoxy) is 2. The number of hydrogen-bond acceptors (Lipinski definition) is 10. The van der Waals surface area contributed by atoms with Gasteiger partial charge in [0.25, 0.3) is 11.8 Å². The Hall–Kier alpha value is -4.78. The van der Waals surface area contributed by atoms with Crippen molar-refractivity contribution in [2.45, 2.75) is 28.8 Å². The van der Waals surface area contributed by atoms with Crippen molar-refractivity contribution in [2.24, 2.45) is 0 Å². The van der Waals surface area contributed by atoms with Crippen molar-refractivity contribution in [3.8, 4) is 5.75 Å². The molecule has 2 N–H and O–H groups in total. The van der Waals surface area contributed by atoms with Crippen LogP contribution in [0.25, 0.3) is 10.2 Å². The second-order valence-electron chi connectivity index (χ2n) is 10.4. The minimum absolute atomic E-state index is 0.305. The summed E-state index contributed by atoms with van der Waals surface area (Å²) in [5.74, 6) is -1.85. The molecule has 0 bridgehead atoms. The SMILES string of the molecule is C/C(O)=C(/C(=O)OC(c1ccccc1)c1ccccc1)N1C(=O)C(NC(=O)COc2ccccc2)C1SSc1nc2ccccc2s1. The molecule has 9 nitrogen and oxygen atoms in total. The van der Waals surface area contributed by atoms with Crippen LogP contribution in [0.2, 0.25) is 0 Å². The van der Waals surface area contributed by atoms with Gasteiger partial charge < -0.3 is 19.9 Å². The topological polar surface area (TPSA) is 118 Å². The second kappa shape index (κ2) is 14.8. The fourth-order valence-corrected chi connectivity index (χ4v) is 8.87. The number of aromatic nitrogens is 1. The quantitative estimate of drug-likeness (QED) is 0.0477. The van der Waals surface area contributed by atoms with Crippen LogP contribution in [0.5, 0.6) is 5.75 Å². The maximum Gasteiger partial charge on any atom is 0.359 e. The molecule has 2 amide bonds. The molecule has 1 aromatic heterocycles. The fraction of sp³-hybridized carbons (Fsp3) is 0.143. The Bertz CT molecular complexity index is 1830. The van der Waals surface area contributed by atoms with E-state index in [1.807, 2.05) is 91.0 Å². The Morgan fingerprint density at radius 2 is 1.51 bits per heavy atom. The number of benzene rings is 4. The van der Waals surface area contributed by atoms with Crippen molar-refractivity contribution in [3.63, 3.8) is 0 Å². The number of esters is 1. The van der Waals surface area contributed by atoms with Gasteiger partial charge in [-0.25, -0.2) is 9.78 Å². The third kappa shape index (κ3) is 7.46. The number of nitrogens with one attached hydrogen (secondary N) is 1. The average Bonchev–Trinajstić information content (AvgIpc) is 3.52. The van der Waals surface area contributed by atoms with Crippen LogP contribution in [0, 0.1) is 0 Å². The van der Waals surface area contributed by atoms with Gasteiger partial charge in [-0.2, -0.15) is 0 Å². The molecule has 2 heterocycles. The van der Waals surface area contributed by atoms with Crippen LogP contribution < -0.4 is 10.1 Å². The van der Waals surface area contributed by atoms with Crippen LogP contribution in [-0.2, 0) is 19.1 Å². The number of amides is 2. The van der Waals surface area contributed by atoms with Crippen molar-refractivity contribution < 1.29 is 29.0 Å². The van der Waals surface area contributed by atoms with Crippen LogP contribution in [-0.4, -0.2) is 50.8 Å². The summed E-state index contributed by atoms with van der Waals surface area (Å²) in [4.78, 5) is 46.3. The molecule has 12 heteroatoms. The molecule has 2 unspecified atom stereocenters. The number of allylic oxidation sites excluding steroid dienone is 1. The molecule has 0 saturated carbocycles. The van der Waals surface area contributed by atoms with Gasteiger partial charge >= 0.3 is 5.97 Å². The highest BCUT2D eigenvalue weighted by Gasteiger charge is 2.53. The molecular weight excluding hydrogens is 655 g/mol. The number of likely N-dealkylation sites (tertiary alicyclic amines) is 1. The van der Waals surface area contributed by atoms with Gasteiger partial charge in [0, 0.05) is 0 Å². The largest absolute Gasteiger partial charge is 0.510 e. The number of aliphatic hydroxyl groups excluding tert-OH is 1. The first-order valence-electron chi connectivity index (χ1n) is 14.6. The van der Waals surface area contributed by atoms with E-state index in [2.05, 4.69) is 10.3 Å². The lowest BCUT2D eigenvalue weighted by Crippen LogP contribution is -2.69. The van der Waals surface area contributed by atoms with Crippen molar-refractivity contribution in [1.82, 2.24) is 15.2 Å². The number of β-lactam (4-membered cyclic amide) rings is 1. The van der Waals surface area contributed by atoms with Crippen molar-refractivity contribution in [3.05, 3.63) is 138 Å². The van der Waals surface area contributed by atoms with E-state index in [1.165, 1.54) is 44.7 Å². The van der Waals surface area contributed by atoms with E-state index in [0.29, 0.717) is 5.75 Å². The normalized spacial score (nSPS) is 16.4. The van der Waals surface area contributed by atoms with Gasteiger partial charge in [0.05, 0.1) is 10.2 Å². The zero-order valence-corrected chi connectivity index (χ0v) is 27.5. The molecule has 2 atom stereocenters. The van der Waals surface area contributed by atoms with E-state index >= 15 is 0 Å². The Balaban J connectivity index is 1.24. The van der Waals surface area contributed by atoms with Gasteiger partial charge in [-0.3, -0.25) is 14.5 Å². The maximum absolute atomic E-state index is 13.9. The maximum atomic E-state index is 13.9. The Morgan fingerprint density at radius 3 is 2.13 bits per heavy atom. The summed E-state index contributed by atoms with van der Waals surface area (Å²) in [5.41, 5.74) is 1.98. The first kappa shape index (κ1) is 32.2. The zero-order valence-electron chi connectivity index (χ0n) is 25.0. The third-order valence-electron chi connectivity index (χ3n) is 7.17. The van der Waals surface area contributed by atoms with Gasteiger partial charge in [-0.1, -0.05) is 102 Å². The van der Waals surface area contributed by atoms with Crippen molar-refractivity contribution in [1.29, 1.82) is 0 Å². The highest BCUT2D eigenvalue weighted by Crippen LogP contribution is 2.46. The first-order valence-corrected chi connectivity index (χ1v) is 17.6. The monoisotopic (exact) mass is 683 g/mol. The van der Waals surface area contributed by atoms with Crippen LogP contribution in [0.4, 0.5) is 0 Å². The lowest BCUT2D eigenvalue weighted by molar-refractivity contribution is -0.155. The summed E-state index contributed by atoms with van der Waals surface area (Å²) in [6, 6.07) is 34.0. The molecule has 1 aliphatic rings. The molecule has 0 spiro atoms. The van der Waals surface area contributed by atoms with Gasteiger partial charge in [-0.15, -0.1) is 11.3 Å². The molecule has 4 aromatic carbocycles. The van der Waals surface area contributed by atoms with Crippen LogP contribution >= 0.6 is 32.9 Å². The number of aliphatic hydroxyl groups is 1. The first-order chi connectivity index (χ1) is 22.9. The van der Waals surface area contributed by atoms with E-state index in [-0.39, 0.29) is 12.3 Å². The number of carbonyl (C=O) groups excluding carboxylic acids is 3. The summed E-state index contributed by atoms with van der Waals surface area (Å²) >= 11 is 1.49. The molecule has 0 aliphatic carbocycles. The standard InChI is InChI=1S/C35H29N3O6S3/c1-22(39)30(34(42)44-31(23-13-5-2-6-14-23)24-15-7-3-8-16-24)38-32(41)29(37-28(40)21-43-25-17-9-4-10-18-25)33(38)46-47-35-36-26-19-11-12-20-27(26)45-35/h2-20,29,31,33,39H,21H2,1H3,(H,37,40)/b30-22+. The van der Waals surface area contributed by atoms with Crippen LogP contribution in [0.15, 0.2) is 131 Å². The number of nitrogens with zero attached hydrogens (tertiary/aromatic N) is 2. The Labute approximate surface area is 283 Å². The molecule has 1 saturated heterocycles. The van der Waals surface area contributed by atoms with E-state index < -0.39 is 41.1 Å². The number of hydrogen-bond donors (Lipinski definition) is 2. The summed E-state index contributed by atoms with van der Waals surface area (Å²) in [6.45, 7) is 1.02. The summed E-state index contributed by atoms with van der Waals surface area (Å²) in [7, 11) is 2.56. The van der Waals surface area contributed by atoms with Gasteiger partial charge in [0.15, 0.2) is 22.7 Å². The molecule has 1 fully saturated rings. The van der Waals surface area contributed by atoms with E-state index in [4.69, 9.17) is 9.47 Å². The van der Waals surface area contributed by atoms with Crippen LogP contribution in [0.1, 0.15) is 24.2 Å². The number of rotatable bonds is 12. The highest BCUT2D eigenvalue weighted by atomic mass is 33.1. The minimum atomic E-state index is -1.00. The summed E-state index contributed by atoms with van der Waals surface area (Å²) in [5, 5.41) is 12.8. The smallest absolute Gasteiger partial charge is 0.359 e. The third-order valence-corrected chi connectivity index (χ3v) is 11.2. The predicted octanol–water partition coefficient (Wildman–Crippen LogP) is 6.89. The molecule has 238 valence electrons. The lowest BCUT2D eigenvalue weighted by atomic mass is 10.0. The van der Waals surface area contributed by atoms with Crippen LogP contribution in [0.3, 0.4) is 0 Å². The minimum Gasteiger partial charge on any atom is -0.510 e. The number of para-hydroxylation sites is 2. The predicted molar refractivity (Wildman–Crippen MR) is 184 cm³/mol. The lowest BCUT2D eigenvalue weighted by Gasteiger charge is -2.46. The van der Waals surface area contributed by atoms with E-state index in [9.17, 15) is 19.5 Å². The zero-order chi connectivity index (χ0) is 32.8. The molecule has 1 aliphatic heterocycles. The molecular formula is C35H29N3O6S3. The van der Waals surface area contributed by atoms with Gasteiger partial charge in [0.1, 0.15) is 22.9 Å². The van der Waals surface area contributed by atoms with Crippen molar-refractivity contribution in [2.75, 3.05) is 6.61 Å². The number of carbonyl (C=O) groups is 3. The van der Waals surface area contributed by atoms with Gasteiger partial charge in [-0.05, 0) is 53.1 Å². The van der Waals surface area contributed by atoms with Gasteiger partial charge in [0.2, 0.25) is 0 Å². The Kier molecular flexibility index (Phi) is 10.1. The molecule has 0 radical (unpaired) electrons. The second-order valence-corrected chi connectivity index (χ2v) is 14.0. The average molecular weight is 684 g/mol. The summed E-state index contributed by atoms with van der Waals surface area (Å²) < 4.78 is 13.3. The van der Waals surface area contributed by atoms with Crippen molar-refractivity contribution >= 4 is 60.9 Å². The fourth-order valence-electron chi connectivity index (χ4n) is 4.96. The Morgan fingerprint density at radius 1 is 0.915 bits per heavy atom. The summed E-state index contributed by atoms with van der Waals surface area (Å²) in [6.07, 6.45) is -0.801. The highest BCUT2D eigenvalue weighted by molar-refractivity contribution is 8.77. The molecule has 6 rings (SSSR count). The molecule has 47 heavy (non-hydrogen) atoms. The molecule has 5 aromatic rings. The number of fused-ring (bicyclic) bond motifs is 1. The van der Waals surface area contributed by atoms with E-state index in [0.717, 1.165) is 25.7 Å².